The fourth-order valence-corrected chi connectivity index (χ4v) is 3.36. The van der Waals surface area contributed by atoms with Gasteiger partial charge in [-0.05, 0) is 36.9 Å². The smallest absolute Gasteiger partial charge is 0.223 e. The molecule has 130 valence electrons. The third-order valence-electron chi connectivity index (χ3n) is 3.97. The van der Waals surface area contributed by atoms with Crippen molar-refractivity contribution in [2.75, 3.05) is 5.32 Å². The van der Waals surface area contributed by atoms with Gasteiger partial charge in [-0.2, -0.15) is 0 Å². The zero-order chi connectivity index (χ0) is 17.9. The van der Waals surface area contributed by atoms with Crippen LogP contribution in [0.5, 0.6) is 0 Å². The fourth-order valence-electron chi connectivity index (χ4n) is 2.63. The van der Waals surface area contributed by atoms with Gasteiger partial charge in [-0.15, -0.1) is 11.3 Å². The Morgan fingerprint density at radius 3 is 2.81 bits per heavy atom. The van der Waals surface area contributed by atoms with E-state index in [0.29, 0.717) is 11.7 Å². The largest absolute Gasteiger partial charge is 0.356 e. The number of nitrogens with one attached hydrogen (secondary N) is 1. The minimum atomic E-state index is 0.0401. The molecule has 0 aliphatic heterocycles. The topological polar surface area (TPSA) is 76.7 Å². The van der Waals surface area contributed by atoms with Gasteiger partial charge in [-0.3, -0.25) is 4.98 Å². The molecule has 4 aromatic heterocycles. The maximum Gasteiger partial charge on any atom is 0.223 e. The molecular weight excluding hydrogens is 346 g/mol. The number of anilines is 1. The molecule has 0 amide bonds. The third-order valence-corrected chi connectivity index (χ3v) is 4.84. The van der Waals surface area contributed by atoms with Crippen LogP contribution in [-0.4, -0.2) is 20.1 Å². The Labute approximate surface area is 155 Å². The minimum Gasteiger partial charge on any atom is -0.356 e. The van der Waals surface area contributed by atoms with Crippen molar-refractivity contribution in [2.24, 2.45) is 0 Å². The summed E-state index contributed by atoms with van der Waals surface area (Å²) in [5.41, 5.74) is 3.55. The summed E-state index contributed by atoms with van der Waals surface area (Å²) in [6, 6.07) is 9.91. The molecule has 0 spiro atoms. The number of aryl methyl sites for hydroxylation is 1. The van der Waals surface area contributed by atoms with Crippen LogP contribution in [0, 0.1) is 6.92 Å². The molecule has 0 aromatic carbocycles. The summed E-state index contributed by atoms with van der Waals surface area (Å²) in [6.45, 7) is 3.95. The first kappa shape index (κ1) is 16.4. The van der Waals surface area contributed by atoms with Crippen molar-refractivity contribution in [1.29, 1.82) is 0 Å². The minimum absolute atomic E-state index is 0.0401. The Balaban J connectivity index is 1.71. The number of thiophene rings is 1. The monoisotopic (exact) mass is 363 g/mol. The molecular formula is C19H17N5OS. The molecule has 0 unspecified atom stereocenters. The average molecular weight is 363 g/mol. The molecule has 0 fully saturated rings. The van der Waals surface area contributed by atoms with Crippen molar-refractivity contribution in [1.82, 2.24) is 20.1 Å². The third kappa shape index (κ3) is 3.34. The van der Waals surface area contributed by atoms with Crippen LogP contribution in [0.15, 0.2) is 58.8 Å². The van der Waals surface area contributed by atoms with Gasteiger partial charge in [0.05, 0.1) is 27.9 Å². The molecule has 1 atom stereocenters. The van der Waals surface area contributed by atoms with Gasteiger partial charge in [-0.1, -0.05) is 17.3 Å². The first-order chi connectivity index (χ1) is 12.7. The Morgan fingerprint density at radius 2 is 2.12 bits per heavy atom. The summed E-state index contributed by atoms with van der Waals surface area (Å²) in [7, 11) is 0. The van der Waals surface area contributed by atoms with Crippen LogP contribution in [0.25, 0.3) is 21.9 Å². The lowest BCUT2D eigenvalue weighted by Gasteiger charge is -2.15. The second kappa shape index (κ2) is 7.05. The zero-order valence-corrected chi connectivity index (χ0v) is 15.2. The highest BCUT2D eigenvalue weighted by Crippen LogP contribution is 2.34. The average Bonchev–Trinajstić information content (AvgIpc) is 3.34. The van der Waals surface area contributed by atoms with Crippen LogP contribution in [0.2, 0.25) is 0 Å². The Bertz CT molecular complexity index is 998. The van der Waals surface area contributed by atoms with E-state index in [1.54, 1.807) is 23.7 Å². The Morgan fingerprint density at radius 1 is 1.19 bits per heavy atom. The van der Waals surface area contributed by atoms with Crippen LogP contribution in [-0.2, 0) is 0 Å². The quantitative estimate of drug-likeness (QED) is 0.552. The predicted octanol–water partition coefficient (Wildman–Crippen LogP) is 4.74. The molecule has 26 heavy (non-hydrogen) atoms. The Kier molecular flexibility index (Phi) is 4.45. The van der Waals surface area contributed by atoms with Crippen molar-refractivity contribution >= 4 is 17.3 Å². The van der Waals surface area contributed by atoms with Gasteiger partial charge in [0.2, 0.25) is 5.95 Å². The van der Waals surface area contributed by atoms with Gasteiger partial charge in [0.25, 0.3) is 0 Å². The molecule has 1 N–H and O–H groups in total. The first-order valence-corrected chi connectivity index (χ1v) is 9.10. The first-order valence-electron chi connectivity index (χ1n) is 8.22. The lowest BCUT2D eigenvalue weighted by atomic mass is 10.1. The molecule has 6 nitrogen and oxygen atoms in total. The number of pyridine rings is 1. The van der Waals surface area contributed by atoms with E-state index < -0.39 is 0 Å². The SMILES string of the molecule is Cc1cc(-c2cnc(N[C@@H](C)c3cccnc3)nc2-c2cccs2)on1. The summed E-state index contributed by atoms with van der Waals surface area (Å²) in [6.07, 6.45) is 5.37. The van der Waals surface area contributed by atoms with Crippen molar-refractivity contribution < 1.29 is 4.52 Å². The van der Waals surface area contributed by atoms with Crippen LogP contribution in [0.1, 0.15) is 24.2 Å². The van der Waals surface area contributed by atoms with Crippen molar-refractivity contribution in [3.05, 3.63) is 65.6 Å². The molecule has 0 aliphatic rings. The van der Waals surface area contributed by atoms with Gasteiger partial charge in [0, 0.05) is 24.7 Å². The van der Waals surface area contributed by atoms with E-state index in [1.807, 2.05) is 48.8 Å². The van der Waals surface area contributed by atoms with Crippen molar-refractivity contribution in [3.63, 3.8) is 0 Å². The molecule has 0 radical (unpaired) electrons. The lowest BCUT2D eigenvalue weighted by molar-refractivity contribution is 0.427. The molecule has 0 bridgehead atoms. The normalized spacial score (nSPS) is 12.1. The van der Waals surface area contributed by atoms with Crippen molar-refractivity contribution in [2.45, 2.75) is 19.9 Å². The van der Waals surface area contributed by atoms with Crippen LogP contribution in [0.3, 0.4) is 0 Å². The fraction of sp³-hybridized carbons (Fsp3) is 0.158. The van der Waals surface area contributed by atoms with E-state index >= 15 is 0 Å². The summed E-state index contributed by atoms with van der Waals surface area (Å²) >= 11 is 1.63. The predicted molar refractivity (Wildman–Crippen MR) is 102 cm³/mol. The van der Waals surface area contributed by atoms with Gasteiger partial charge >= 0.3 is 0 Å². The highest BCUT2D eigenvalue weighted by Gasteiger charge is 2.17. The summed E-state index contributed by atoms with van der Waals surface area (Å²) in [5, 5.41) is 9.34. The van der Waals surface area contributed by atoms with Crippen LogP contribution >= 0.6 is 11.3 Å². The van der Waals surface area contributed by atoms with E-state index in [4.69, 9.17) is 9.51 Å². The van der Waals surface area contributed by atoms with E-state index in [-0.39, 0.29) is 6.04 Å². The molecule has 0 saturated carbocycles. The highest BCUT2D eigenvalue weighted by atomic mass is 32.1. The van der Waals surface area contributed by atoms with Gasteiger partial charge in [0.15, 0.2) is 5.76 Å². The molecule has 7 heteroatoms. The maximum absolute atomic E-state index is 5.43. The summed E-state index contributed by atoms with van der Waals surface area (Å²) in [4.78, 5) is 14.4. The van der Waals surface area contributed by atoms with E-state index in [1.165, 1.54) is 0 Å². The van der Waals surface area contributed by atoms with E-state index in [2.05, 4.69) is 27.4 Å². The second-order valence-electron chi connectivity index (χ2n) is 5.92. The number of hydrogen-bond acceptors (Lipinski definition) is 7. The molecule has 4 heterocycles. The number of rotatable bonds is 5. The Hall–Kier alpha value is -3.06. The van der Waals surface area contributed by atoms with Crippen LogP contribution in [0.4, 0.5) is 5.95 Å². The zero-order valence-electron chi connectivity index (χ0n) is 14.4. The van der Waals surface area contributed by atoms with E-state index in [0.717, 1.165) is 27.4 Å². The van der Waals surface area contributed by atoms with Gasteiger partial charge in [-0.25, -0.2) is 9.97 Å². The standard InChI is InChI=1S/C19H17N5OS/c1-12-9-16(25-24-12)15-11-21-19(23-18(15)17-6-4-8-26-17)22-13(2)14-5-3-7-20-10-14/h3-11,13H,1-2H3,(H,21,22,23)/t13-/m0/s1. The molecule has 4 aromatic rings. The number of nitrogens with zero attached hydrogens (tertiary/aromatic N) is 4. The van der Waals surface area contributed by atoms with E-state index in [9.17, 15) is 0 Å². The second-order valence-corrected chi connectivity index (χ2v) is 6.87. The number of aromatic nitrogens is 4. The van der Waals surface area contributed by atoms with Gasteiger partial charge < -0.3 is 9.84 Å². The molecule has 0 aliphatic carbocycles. The maximum atomic E-state index is 5.43. The highest BCUT2D eigenvalue weighted by molar-refractivity contribution is 7.13. The van der Waals surface area contributed by atoms with Crippen molar-refractivity contribution in [3.8, 4) is 21.9 Å². The summed E-state index contributed by atoms with van der Waals surface area (Å²) in [5.74, 6) is 1.22. The molecule has 0 saturated heterocycles. The molecule has 4 rings (SSSR count). The van der Waals surface area contributed by atoms with Crippen LogP contribution < -0.4 is 5.32 Å². The number of hydrogen-bond donors (Lipinski definition) is 1. The summed E-state index contributed by atoms with van der Waals surface area (Å²) < 4.78 is 5.43. The lowest BCUT2D eigenvalue weighted by Crippen LogP contribution is -2.10. The van der Waals surface area contributed by atoms with Gasteiger partial charge in [0.1, 0.15) is 0 Å².